The number of nitrogens with one attached hydrogen (secondary N) is 1. The molecule has 1 fully saturated rings. The van der Waals surface area contributed by atoms with Crippen LogP contribution in [0, 0.1) is 5.92 Å². The third-order valence-corrected chi connectivity index (χ3v) is 4.07. The zero-order valence-corrected chi connectivity index (χ0v) is 15.7. The first-order valence-electron chi connectivity index (χ1n) is 8.67. The van der Waals surface area contributed by atoms with Crippen molar-refractivity contribution in [3.05, 3.63) is 29.8 Å². The van der Waals surface area contributed by atoms with E-state index in [9.17, 15) is 14.4 Å². The minimum absolute atomic E-state index is 0.115. The van der Waals surface area contributed by atoms with Crippen LogP contribution in [-0.4, -0.2) is 48.7 Å². The average Bonchev–Trinajstić information content (AvgIpc) is 2.60. The van der Waals surface area contributed by atoms with E-state index in [-0.39, 0.29) is 17.9 Å². The molecule has 142 valence electrons. The fourth-order valence-corrected chi connectivity index (χ4v) is 2.74. The summed E-state index contributed by atoms with van der Waals surface area (Å²) < 4.78 is 10.0. The Hall–Kier alpha value is -2.57. The lowest BCUT2D eigenvalue weighted by atomic mass is 9.96. The Bertz CT molecular complexity index is 673. The first kappa shape index (κ1) is 19.8. The van der Waals surface area contributed by atoms with Crippen LogP contribution in [-0.2, 0) is 14.3 Å². The van der Waals surface area contributed by atoms with Gasteiger partial charge in [-0.3, -0.25) is 4.79 Å². The first-order valence-corrected chi connectivity index (χ1v) is 8.67. The normalized spacial score (nSPS) is 15.3. The maximum Gasteiger partial charge on any atom is 0.410 e. The van der Waals surface area contributed by atoms with Crippen LogP contribution in [0.15, 0.2) is 24.3 Å². The molecule has 2 rings (SSSR count). The van der Waals surface area contributed by atoms with Gasteiger partial charge >= 0.3 is 12.1 Å². The quantitative estimate of drug-likeness (QED) is 0.836. The van der Waals surface area contributed by atoms with E-state index in [2.05, 4.69) is 10.1 Å². The van der Waals surface area contributed by atoms with Crippen molar-refractivity contribution in [1.29, 1.82) is 0 Å². The molecular formula is C19H26N2O5. The molecule has 1 heterocycles. The number of methoxy groups -OCH3 is 1. The monoisotopic (exact) mass is 362 g/mol. The highest BCUT2D eigenvalue weighted by Crippen LogP contribution is 2.22. The van der Waals surface area contributed by atoms with Crippen LogP contribution in [0.3, 0.4) is 0 Å². The molecule has 0 radical (unpaired) electrons. The molecule has 0 bridgehead atoms. The number of nitrogens with zero attached hydrogens (tertiary/aromatic N) is 1. The van der Waals surface area contributed by atoms with Gasteiger partial charge < -0.3 is 19.7 Å². The number of benzene rings is 1. The summed E-state index contributed by atoms with van der Waals surface area (Å²) in [7, 11) is 1.31. The highest BCUT2D eigenvalue weighted by molar-refractivity contribution is 5.95. The predicted octanol–water partition coefficient (Wildman–Crippen LogP) is 3.06. The maximum absolute atomic E-state index is 12.5. The Morgan fingerprint density at radius 2 is 1.81 bits per heavy atom. The van der Waals surface area contributed by atoms with Crippen molar-refractivity contribution in [2.45, 2.75) is 39.2 Å². The zero-order chi connectivity index (χ0) is 19.3. The number of hydrogen-bond donors (Lipinski definition) is 1. The summed E-state index contributed by atoms with van der Waals surface area (Å²) in [5.41, 5.74) is 0.396. The fraction of sp³-hybridized carbons (Fsp3) is 0.526. The summed E-state index contributed by atoms with van der Waals surface area (Å²) in [6, 6.07) is 6.62. The lowest BCUT2D eigenvalue weighted by molar-refractivity contribution is -0.121. The molecule has 2 amide bonds. The standard InChI is InChI=1S/C19H26N2O5/c1-19(2,3)26-18(24)21-10-8-13(9-11-21)16(22)20-15-7-5-6-14(12-15)17(23)25-4/h5-7,12-13H,8-11H2,1-4H3,(H,20,22). The van der Waals surface area contributed by atoms with Gasteiger partial charge in [0.05, 0.1) is 12.7 Å². The van der Waals surface area contributed by atoms with Gasteiger partial charge in [0.2, 0.25) is 5.91 Å². The van der Waals surface area contributed by atoms with Crippen molar-refractivity contribution < 1.29 is 23.9 Å². The Labute approximate surface area is 153 Å². The van der Waals surface area contributed by atoms with Crippen molar-refractivity contribution in [3.63, 3.8) is 0 Å². The SMILES string of the molecule is COC(=O)c1cccc(NC(=O)C2CCN(C(=O)OC(C)(C)C)CC2)c1. The van der Waals surface area contributed by atoms with Gasteiger partial charge in [-0.1, -0.05) is 6.07 Å². The fourth-order valence-electron chi connectivity index (χ4n) is 2.74. The van der Waals surface area contributed by atoms with Gasteiger partial charge in [0.25, 0.3) is 0 Å². The van der Waals surface area contributed by atoms with Gasteiger partial charge in [-0.15, -0.1) is 0 Å². The van der Waals surface area contributed by atoms with Crippen LogP contribution in [0.2, 0.25) is 0 Å². The molecule has 0 atom stereocenters. The summed E-state index contributed by atoms with van der Waals surface area (Å²) >= 11 is 0. The van der Waals surface area contributed by atoms with E-state index in [1.54, 1.807) is 29.2 Å². The molecule has 1 N–H and O–H groups in total. The maximum atomic E-state index is 12.5. The van der Waals surface area contributed by atoms with E-state index in [0.29, 0.717) is 37.2 Å². The number of anilines is 1. The second-order valence-electron chi connectivity index (χ2n) is 7.30. The summed E-state index contributed by atoms with van der Waals surface area (Å²) in [5, 5.41) is 2.83. The lowest BCUT2D eigenvalue weighted by Gasteiger charge is -2.32. The summed E-state index contributed by atoms with van der Waals surface area (Å²) in [5.74, 6) is -0.752. The van der Waals surface area contributed by atoms with Gasteiger partial charge in [0, 0.05) is 24.7 Å². The number of carbonyl (C=O) groups is 3. The lowest BCUT2D eigenvalue weighted by Crippen LogP contribution is -2.43. The van der Waals surface area contributed by atoms with Crippen LogP contribution < -0.4 is 5.32 Å². The smallest absolute Gasteiger partial charge is 0.410 e. The number of carbonyl (C=O) groups excluding carboxylic acids is 3. The zero-order valence-electron chi connectivity index (χ0n) is 15.7. The van der Waals surface area contributed by atoms with Crippen molar-refractivity contribution >= 4 is 23.7 Å². The molecule has 7 nitrogen and oxygen atoms in total. The molecule has 1 aliphatic rings. The summed E-state index contributed by atoms with van der Waals surface area (Å²) in [6.07, 6.45) is 0.797. The molecule has 1 aromatic rings. The van der Waals surface area contributed by atoms with Crippen LogP contribution in [0.4, 0.5) is 10.5 Å². The van der Waals surface area contributed by atoms with Gasteiger partial charge in [-0.05, 0) is 51.8 Å². The molecule has 0 aliphatic carbocycles. The van der Waals surface area contributed by atoms with Crippen molar-refractivity contribution in [2.24, 2.45) is 5.92 Å². The minimum Gasteiger partial charge on any atom is -0.465 e. The molecule has 1 saturated heterocycles. The Balaban J connectivity index is 1.89. The molecular weight excluding hydrogens is 336 g/mol. The largest absolute Gasteiger partial charge is 0.465 e. The van der Waals surface area contributed by atoms with Crippen LogP contribution >= 0.6 is 0 Å². The molecule has 1 aliphatic heterocycles. The molecule has 7 heteroatoms. The molecule has 0 spiro atoms. The van der Waals surface area contributed by atoms with E-state index in [4.69, 9.17) is 4.74 Å². The minimum atomic E-state index is -0.532. The second kappa shape index (κ2) is 8.21. The third kappa shape index (κ3) is 5.47. The predicted molar refractivity (Wildman–Crippen MR) is 96.9 cm³/mol. The molecule has 0 aromatic heterocycles. The summed E-state index contributed by atoms with van der Waals surface area (Å²) in [4.78, 5) is 37.7. The topological polar surface area (TPSA) is 84.9 Å². The van der Waals surface area contributed by atoms with Crippen LogP contribution in [0.5, 0.6) is 0 Å². The number of amides is 2. The van der Waals surface area contributed by atoms with Crippen molar-refractivity contribution in [1.82, 2.24) is 4.90 Å². The number of piperidine rings is 1. The van der Waals surface area contributed by atoms with Gasteiger partial charge in [0.1, 0.15) is 5.60 Å². The third-order valence-electron chi connectivity index (χ3n) is 4.07. The van der Waals surface area contributed by atoms with E-state index in [1.165, 1.54) is 7.11 Å². The molecule has 26 heavy (non-hydrogen) atoms. The Morgan fingerprint density at radius 3 is 2.38 bits per heavy atom. The van der Waals surface area contributed by atoms with Crippen LogP contribution in [0.1, 0.15) is 44.0 Å². The first-order chi connectivity index (χ1) is 12.2. The highest BCUT2D eigenvalue weighted by atomic mass is 16.6. The van der Waals surface area contributed by atoms with E-state index < -0.39 is 11.6 Å². The summed E-state index contributed by atoms with van der Waals surface area (Å²) in [6.45, 7) is 6.44. The molecule has 1 aromatic carbocycles. The number of hydrogen-bond acceptors (Lipinski definition) is 5. The van der Waals surface area contributed by atoms with Crippen LogP contribution in [0.25, 0.3) is 0 Å². The second-order valence-corrected chi connectivity index (χ2v) is 7.30. The molecule has 0 unspecified atom stereocenters. The van der Waals surface area contributed by atoms with Gasteiger partial charge in [-0.2, -0.15) is 0 Å². The highest BCUT2D eigenvalue weighted by Gasteiger charge is 2.30. The van der Waals surface area contributed by atoms with Gasteiger partial charge in [0.15, 0.2) is 0 Å². The number of esters is 1. The van der Waals surface area contributed by atoms with Gasteiger partial charge in [-0.25, -0.2) is 9.59 Å². The van der Waals surface area contributed by atoms with E-state index in [1.807, 2.05) is 20.8 Å². The number of rotatable bonds is 3. The average molecular weight is 362 g/mol. The number of ether oxygens (including phenoxy) is 2. The van der Waals surface area contributed by atoms with Crippen molar-refractivity contribution in [2.75, 3.05) is 25.5 Å². The van der Waals surface area contributed by atoms with Crippen molar-refractivity contribution in [3.8, 4) is 0 Å². The molecule has 0 saturated carbocycles. The van der Waals surface area contributed by atoms with E-state index in [0.717, 1.165) is 0 Å². The van der Waals surface area contributed by atoms with E-state index >= 15 is 0 Å². The number of likely N-dealkylation sites (tertiary alicyclic amines) is 1. The Kier molecular flexibility index (Phi) is 6.23. The Morgan fingerprint density at radius 1 is 1.15 bits per heavy atom.